The largest absolute Gasteiger partial charge is 0.506 e. The topological polar surface area (TPSA) is 37.5 Å². The molecule has 0 amide bonds. The van der Waals surface area contributed by atoms with Gasteiger partial charge in [0.25, 0.3) is 0 Å². The molecule has 0 unspecified atom stereocenters. The molecule has 0 spiro atoms. The standard InChI is InChI=1S/C14H11ClN2O/c15-11-5-2-1-4-10(11)8-14-16-9-12-13(18)6-3-7-17(12)14/h1-7,9,18H,8H2. The van der Waals surface area contributed by atoms with Gasteiger partial charge in [0.1, 0.15) is 17.1 Å². The number of benzene rings is 1. The minimum atomic E-state index is 0.232. The number of imidazole rings is 1. The van der Waals surface area contributed by atoms with E-state index in [9.17, 15) is 5.11 Å². The van der Waals surface area contributed by atoms with E-state index in [1.54, 1.807) is 18.3 Å². The van der Waals surface area contributed by atoms with Gasteiger partial charge in [-0.3, -0.25) is 0 Å². The first-order valence-electron chi connectivity index (χ1n) is 5.63. The smallest absolute Gasteiger partial charge is 0.141 e. The van der Waals surface area contributed by atoms with E-state index in [1.165, 1.54) is 0 Å². The van der Waals surface area contributed by atoms with Crippen molar-refractivity contribution in [2.24, 2.45) is 0 Å². The fourth-order valence-electron chi connectivity index (χ4n) is 2.00. The molecule has 0 aliphatic heterocycles. The number of rotatable bonds is 2. The summed E-state index contributed by atoms with van der Waals surface area (Å²) < 4.78 is 1.87. The molecule has 0 radical (unpaired) electrons. The van der Waals surface area contributed by atoms with Gasteiger partial charge in [0.2, 0.25) is 0 Å². The van der Waals surface area contributed by atoms with Crippen molar-refractivity contribution in [1.29, 1.82) is 0 Å². The van der Waals surface area contributed by atoms with Crippen LogP contribution >= 0.6 is 11.6 Å². The minimum Gasteiger partial charge on any atom is -0.506 e. The number of pyridine rings is 1. The van der Waals surface area contributed by atoms with E-state index in [0.29, 0.717) is 11.9 Å². The first-order chi connectivity index (χ1) is 8.75. The highest BCUT2D eigenvalue weighted by molar-refractivity contribution is 6.31. The van der Waals surface area contributed by atoms with Crippen LogP contribution in [0.25, 0.3) is 5.52 Å². The molecule has 3 rings (SSSR count). The Balaban J connectivity index is 2.06. The Bertz CT molecular complexity index is 706. The molecule has 0 aliphatic rings. The second-order valence-electron chi connectivity index (χ2n) is 4.09. The average molecular weight is 259 g/mol. The third-order valence-corrected chi connectivity index (χ3v) is 3.30. The van der Waals surface area contributed by atoms with E-state index in [2.05, 4.69) is 4.98 Å². The van der Waals surface area contributed by atoms with Crippen LogP contribution in [0.1, 0.15) is 11.4 Å². The number of halogens is 1. The zero-order valence-electron chi connectivity index (χ0n) is 9.55. The molecule has 0 atom stereocenters. The molecule has 2 aromatic heterocycles. The molecule has 0 saturated heterocycles. The van der Waals surface area contributed by atoms with Gasteiger partial charge in [-0.1, -0.05) is 29.8 Å². The Labute approximate surface area is 109 Å². The molecule has 0 bridgehead atoms. The van der Waals surface area contributed by atoms with Crippen LogP contribution in [0, 0.1) is 0 Å². The van der Waals surface area contributed by atoms with E-state index >= 15 is 0 Å². The molecular formula is C14H11ClN2O. The summed E-state index contributed by atoms with van der Waals surface area (Å²) in [5.41, 5.74) is 1.73. The maximum Gasteiger partial charge on any atom is 0.141 e. The van der Waals surface area contributed by atoms with Crippen LogP contribution < -0.4 is 0 Å². The molecule has 3 aromatic rings. The van der Waals surface area contributed by atoms with Gasteiger partial charge in [-0.15, -0.1) is 0 Å². The Morgan fingerprint density at radius 2 is 2.00 bits per heavy atom. The summed E-state index contributed by atoms with van der Waals surface area (Å²) in [7, 11) is 0. The summed E-state index contributed by atoms with van der Waals surface area (Å²) in [5, 5.41) is 10.4. The van der Waals surface area contributed by atoms with Crippen LogP contribution in [0.2, 0.25) is 5.02 Å². The number of aromatic hydroxyl groups is 1. The molecule has 0 fully saturated rings. The lowest BCUT2D eigenvalue weighted by atomic mass is 10.1. The minimum absolute atomic E-state index is 0.232. The van der Waals surface area contributed by atoms with E-state index in [4.69, 9.17) is 11.6 Å². The van der Waals surface area contributed by atoms with E-state index < -0.39 is 0 Å². The monoisotopic (exact) mass is 258 g/mol. The number of hydrogen-bond donors (Lipinski definition) is 1. The van der Waals surface area contributed by atoms with Crippen molar-refractivity contribution in [1.82, 2.24) is 9.38 Å². The maximum atomic E-state index is 9.72. The Morgan fingerprint density at radius 1 is 1.17 bits per heavy atom. The summed E-state index contributed by atoms with van der Waals surface area (Å²) in [6.45, 7) is 0. The van der Waals surface area contributed by atoms with Crippen LogP contribution in [0.4, 0.5) is 0 Å². The van der Waals surface area contributed by atoms with Crippen molar-refractivity contribution >= 4 is 17.1 Å². The molecule has 1 aromatic carbocycles. The lowest BCUT2D eigenvalue weighted by Gasteiger charge is -2.04. The number of aromatic nitrogens is 2. The summed E-state index contributed by atoms with van der Waals surface area (Å²) >= 11 is 6.14. The lowest BCUT2D eigenvalue weighted by molar-refractivity contribution is 0.479. The van der Waals surface area contributed by atoms with Crippen molar-refractivity contribution in [2.45, 2.75) is 6.42 Å². The van der Waals surface area contributed by atoms with Gasteiger partial charge in [-0.05, 0) is 23.8 Å². The number of nitrogens with zero attached hydrogens (tertiary/aromatic N) is 2. The first-order valence-corrected chi connectivity index (χ1v) is 6.01. The van der Waals surface area contributed by atoms with Gasteiger partial charge in [0.15, 0.2) is 0 Å². The third kappa shape index (κ3) is 1.83. The van der Waals surface area contributed by atoms with Gasteiger partial charge >= 0.3 is 0 Å². The van der Waals surface area contributed by atoms with Crippen LogP contribution in [0.5, 0.6) is 5.75 Å². The first kappa shape index (κ1) is 11.1. The normalized spacial score (nSPS) is 10.9. The van der Waals surface area contributed by atoms with Gasteiger partial charge in [0.05, 0.1) is 6.20 Å². The van der Waals surface area contributed by atoms with Gasteiger partial charge in [-0.25, -0.2) is 4.98 Å². The molecule has 4 heteroatoms. The van der Waals surface area contributed by atoms with E-state index in [1.807, 2.05) is 34.9 Å². The SMILES string of the molecule is Oc1cccn2c(Cc3ccccc3Cl)ncc12. The van der Waals surface area contributed by atoms with Crippen molar-refractivity contribution in [3.63, 3.8) is 0 Å². The van der Waals surface area contributed by atoms with Gasteiger partial charge in [-0.2, -0.15) is 0 Å². The maximum absolute atomic E-state index is 9.72. The van der Waals surface area contributed by atoms with E-state index in [-0.39, 0.29) is 5.75 Å². The summed E-state index contributed by atoms with van der Waals surface area (Å²) in [6.07, 6.45) is 4.19. The Kier molecular flexibility index (Phi) is 2.68. The van der Waals surface area contributed by atoms with Crippen molar-refractivity contribution in [3.05, 3.63) is 65.2 Å². The van der Waals surface area contributed by atoms with Gasteiger partial charge in [0, 0.05) is 17.6 Å². The summed E-state index contributed by atoms with van der Waals surface area (Å²) in [6, 6.07) is 11.1. The molecule has 0 aliphatic carbocycles. The molecule has 1 N–H and O–H groups in total. The van der Waals surface area contributed by atoms with Gasteiger partial charge < -0.3 is 9.51 Å². The quantitative estimate of drug-likeness (QED) is 0.766. The second kappa shape index (κ2) is 4.35. The third-order valence-electron chi connectivity index (χ3n) is 2.93. The molecular weight excluding hydrogens is 248 g/mol. The van der Waals surface area contributed by atoms with Crippen molar-refractivity contribution < 1.29 is 5.11 Å². The average Bonchev–Trinajstić information content (AvgIpc) is 2.77. The Hall–Kier alpha value is -2.00. The highest BCUT2D eigenvalue weighted by Crippen LogP contribution is 2.22. The van der Waals surface area contributed by atoms with Crippen LogP contribution in [-0.4, -0.2) is 14.5 Å². The molecule has 3 nitrogen and oxygen atoms in total. The molecule has 2 heterocycles. The van der Waals surface area contributed by atoms with Crippen LogP contribution in [0.15, 0.2) is 48.8 Å². The van der Waals surface area contributed by atoms with Crippen LogP contribution in [-0.2, 0) is 6.42 Å². The molecule has 0 saturated carbocycles. The van der Waals surface area contributed by atoms with Crippen molar-refractivity contribution in [3.8, 4) is 5.75 Å². The fraction of sp³-hybridized carbons (Fsp3) is 0.0714. The van der Waals surface area contributed by atoms with E-state index in [0.717, 1.165) is 16.4 Å². The fourth-order valence-corrected chi connectivity index (χ4v) is 2.21. The zero-order valence-corrected chi connectivity index (χ0v) is 10.3. The summed E-state index contributed by atoms with van der Waals surface area (Å²) in [5.74, 6) is 1.09. The number of fused-ring (bicyclic) bond motifs is 1. The molecule has 18 heavy (non-hydrogen) atoms. The zero-order chi connectivity index (χ0) is 12.5. The predicted molar refractivity (Wildman–Crippen MR) is 71.1 cm³/mol. The Morgan fingerprint density at radius 3 is 2.83 bits per heavy atom. The van der Waals surface area contributed by atoms with Crippen LogP contribution in [0.3, 0.4) is 0 Å². The second-order valence-corrected chi connectivity index (χ2v) is 4.50. The number of hydrogen-bond acceptors (Lipinski definition) is 2. The van der Waals surface area contributed by atoms with Crippen molar-refractivity contribution in [2.75, 3.05) is 0 Å². The highest BCUT2D eigenvalue weighted by atomic mass is 35.5. The molecule has 90 valence electrons. The predicted octanol–water partition coefficient (Wildman–Crippen LogP) is 3.28. The lowest BCUT2D eigenvalue weighted by Crippen LogP contribution is -1.96. The summed E-state index contributed by atoms with van der Waals surface area (Å²) in [4.78, 5) is 4.34. The highest BCUT2D eigenvalue weighted by Gasteiger charge is 2.08.